The maximum absolute atomic E-state index is 12.3. The third kappa shape index (κ3) is 5.21. The van der Waals surface area contributed by atoms with Gasteiger partial charge in [-0.1, -0.05) is 25.5 Å². The first-order chi connectivity index (χ1) is 12.0. The minimum atomic E-state index is -0.0749. The highest BCUT2D eigenvalue weighted by Crippen LogP contribution is 2.28. The van der Waals surface area contributed by atoms with E-state index in [1.54, 1.807) is 36.3 Å². The van der Waals surface area contributed by atoms with Gasteiger partial charge in [0.25, 0.3) is 0 Å². The molecule has 5 heteroatoms. The van der Waals surface area contributed by atoms with E-state index in [1.165, 1.54) is 0 Å². The lowest BCUT2D eigenvalue weighted by molar-refractivity contribution is 0.104. The highest BCUT2D eigenvalue weighted by Gasteiger charge is 2.08. The van der Waals surface area contributed by atoms with Crippen molar-refractivity contribution >= 4 is 11.9 Å². The quantitative estimate of drug-likeness (QED) is 0.381. The lowest BCUT2D eigenvalue weighted by Gasteiger charge is -2.10. The van der Waals surface area contributed by atoms with Crippen molar-refractivity contribution in [2.24, 2.45) is 0 Å². The Labute approximate surface area is 149 Å². The summed E-state index contributed by atoms with van der Waals surface area (Å²) in [6, 6.07) is 5.87. The molecular weight excluding hydrogens is 316 g/mol. The lowest BCUT2D eigenvalue weighted by Crippen LogP contribution is -2.00. The first-order valence-corrected chi connectivity index (χ1v) is 8.62. The molecule has 1 aromatic heterocycles. The van der Waals surface area contributed by atoms with E-state index in [0.29, 0.717) is 17.9 Å². The number of allylic oxidation sites excluding steroid dienone is 1. The number of aromatic nitrogens is 2. The number of carbonyl (C=O) groups is 1. The Balaban J connectivity index is 2.07. The van der Waals surface area contributed by atoms with Crippen molar-refractivity contribution in [2.75, 3.05) is 13.7 Å². The van der Waals surface area contributed by atoms with E-state index in [1.807, 2.05) is 32.0 Å². The van der Waals surface area contributed by atoms with Gasteiger partial charge in [0.2, 0.25) is 0 Å². The zero-order valence-electron chi connectivity index (χ0n) is 15.4. The Morgan fingerprint density at radius 3 is 2.76 bits per heavy atom. The molecule has 0 fully saturated rings. The third-order valence-corrected chi connectivity index (χ3v) is 3.79. The lowest BCUT2D eigenvalue weighted by atomic mass is 10.1. The Morgan fingerprint density at radius 1 is 1.32 bits per heavy atom. The van der Waals surface area contributed by atoms with Crippen molar-refractivity contribution in [3.8, 4) is 11.5 Å². The van der Waals surface area contributed by atoms with Gasteiger partial charge < -0.3 is 9.47 Å². The Hall–Kier alpha value is -2.56. The second-order valence-electron chi connectivity index (χ2n) is 6.11. The maximum atomic E-state index is 12.3. The number of nitrogens with zero attached hydrogens (tertiary/aromatic N) is 2. The molecule has 2 rings (SSSR count). The molecule has 1 heterocycles. The van der Waals surface area contributed by atoms with Gasteiger partial charge in [-0.05, 0) is 44.0 Å². The van der Waals surface area contributed by atoms with Gasteiger partial charge in [-0.15, -0.1) is 0 Å². The molecule has 0 radical (unpaired) electrons. The van der Waals surface area contributed by atoms with Crippen LogP contribution < -0.4 is 9.47 Å². The molecule has 0 saturated carbocycles. The number of rotatable bonds is 9. The largest absolute Gasteiger partial charge is 0.493 e. The Kier molecular flexibility index (Phi) is 6.81. The molecule has 0 amide bonds. The SMILES string of the molecule is CCCCOc1ccc(/C=C/C(=O)c2cnn(C(C)C)c2)cc1OC. The molecule has 1 aromatic carbocycles. The van der Waals surface area contributed by atoms with Crippen molar-refractivity contribution in [3.63, 3.8) is 0 Å². The van der Waals surface area contributed by atoms with E-state index >= 15 is 0 Å². The number of unbranched alkanes of at least 4 members (excludes halogenated alkanes) is 1. The number of carbonyl (C=O) groups excluding carboxylic acids is 1. The summed E-state index contributed by atoms with van der Waals surface area (Å²) in [5.74, 6) is 1.31. The molecule has 0 aliphatic rings. The van der Waals surface area contributed by atoms with Crippen LogP contribution in [-0.4, -0.2) is 29.3 Å². The molecule has 2 aromatic rings. The molecule has 0 unspecified atom stereocenters. The van der Waals surface area contributed by atoms with Crippen molar-refractivity contribution in [2.45, 2.75) is 39.7 Å². The van der Waals surface area contributed by atoms with Crippen molar-refractivity contribution in [1.82, 2.24) is 9.78 Å². The van der Waals surface area contributed by atoms with E-state index < -0.39 is 0 Å². The van der Waals surface area contributed by atoms with Crippen LogP contribution in [0.1, 0.15) is 55.6 Å². The average molecular weight is 342 g/mol. The van der Waals surface area contributed by atoms with Gasteiger partial charge in [-0.25, -0.2) is 0 Å². The zero-order chi connectivity index (χ0) is 18.2. The summed E-state index contributed by atoms with van der Waals surface area (Å²) in [5.41, 5.74) is 1.46. The van der Waals surface area contributed by atoms with E-state index in [4.69, 9.17) is 9.47 Å². The number of benzene rings is 1. The molecule has 0 N–H and O–H groups in total. The van der Waals surface area contributed by atoms with Crippen LogP contribution in [0.5, 0.6) is 11.5 Å². The van der Waals surface area contributed by atoms with E-state index in [9.17, 15) is 4.79 Å². The fourth-order valence-electron chi connectivity index (χ4n) is 2.25. The molecule has 134 valence electrons. The standard InChI is InChI=1S/C20H26N2O3/c1-5-6-11-25-19-10-8-16(12-20(19)24-4)7-9-18(23)17-13-21-22(14-17)15(2)3/h7-10,12-15H,5-6,11H2,1-4H3/b9-7+. The molecule has 5 nitrogen and oxygen atoms in total. The van der Waals surface area contributed by atoms with Crippen molar-refractivity contribution in [1.29, 1.82) is 0 Å². The first-order valence-electron chi connectivity index (χ1n) is 8.62. The van der Waals surface area contributed by atoms with E-state index in [0.717, 1.165) is 24.2 Å². The van der Waals surface area contributed by atoms with Gasteiger partial charge in [0.15, 0.2) is 17.3 Å². The second kappa shape index (κ2) is 9.06. The van der Waals surface area contributed by atoms with Gasteiger partial charge >= 0.3 is 0 Å². The number of hydrogen-bond acceptors (Lipinski definition) is 4. The summed E-state index contributed by atoms with van der Waals surface area (Å²) in [6.45, 7) is 6.83. The number of hydrogen-bond donors (Lipinski definition) is 0. The van der Waals surface area contributed by atoms with Gasteiger partial charge in [0.05, 0.1) is 25.5 Å². The van der Waals surface area contributed by atoms with Gasteiger partial charge in [-0.3, -0.25) is 9.48 Å². The predicted molar refractivity (Wildman–Crippen MR) is 99.4 cm³/mol. The third-order valence-electron chi connectivity index (χ3n) is 3.79. The minimum Gasteiger partial charge on any atom is -0.493 e. The minimum absolute atomic E-state index is 0.0749. The monoisotopic (exact) mass is 342 g/mol. The van der Waals surface area contributed by atoms with E-state index in [-0.39, 0.29) is 11.8 Å². The van der Waals surface area contributed by atoms with Crippen LogP contribution in [0.15, 0.2) is 36.7 Å². The molecule has 0 bridgehead atoms. The van der Waals surface area contributed by atoms with Gasteiger partial charge in [0, 0.05) is 12.2 Å². The maximum Gasteiger partial charge on any atom is 0.189 e. The highest BCUT2D eigenvalue weighted by atomic mass is 16.5. The Morgan fingerprint density at radius 2 is 2.12 bits per heavy atom. The van der Waals surface area contributed by atoms with Crippen LogP contribution >= 0.6 is 0 Å². The summed E-state index contributed by atoms with van der Waals surface area (Å²) < 4.78 is 12.9. The molecule has 0 atom stereocenters. The Bertz CT molecular complexity index is 732. The van der Waals surface area contributed by atoms with Crippen LogP contribution in [0.25, 0.3) is 6.08 Å². The number of ether oxygens (including phenoxy) is 2. The predicted octanol–water partition coefficient (Wildman–Crippen LogP) is 4.55. The van der Waals surface area contributed by atoms with E-state index in [2.05, 4.69) is 12.0 Å². The van der Waals surface area contributed by atoms with Crippen LogP contribution in [0.3, 0.4) is 0 Å². The molecule has 0 saturated heterocycles. The normalized spacial score (nSPS) is 11.2. The number of ketones is 1. The fourth-order valence-corrected chi connectivity index (χ4v) is 2.25. The van der Waals surface area contributed by atoms with Crippen LogP contribution in [0, 0.1) is 0 Å². The van der Waals surface area contributed by atoms with Crippen LogP contribution in [0.4, 0.5) is 0 Å². The van der Waals surface area contributed by atoms with Crippen LogP contribution in [0.2, 0.25) is 0 Å². The molecule has 0 aliphatic heterocycles. The fraction of sp³-hybridized carbons (Fsp3) is 0.400. The summed E-state index contributed by atoms with van der Waals surface area (Å²) in [6.07, 6.45) is 8.77. The molecular formula is C20H26N2O3. The van der Waals surface area contributed by atoms with Gasteiger partial charge in [-0.2, -0.15) is 5.10 Å². The van der Waals surface area contributed by atoms with Crippen LogP contribution in [-0.2, 0) is 0 Å². The smallest absolute Gasteiger partial charge is 0.189 e. The highest BCUT2D eigenvalue weighted by molar-refractivity contribution is 6.06. The second-order valence-corrected chi connectivity index (χ2v) is 6.11. The number of methoxy groups -OCH3 is 1. The molecule has 0 aliphatic carbocycles. The summed E-state index contributed by atoms with van der Waals surface area (Å²) in [5, 5.41) is 4.19. The summed E-state index contributed by atoms with van der Waals surface area (Å²) in [7, 11) is 1.61. The zero-order valence-corrected chi connectivity index (χ0v) is 15.4. The molecule has 25 heavy (non-hydrogen) atoms. The summed E-state index contributed by atoms with van der Waals surface area (Å²) >= 11 is 0. The molecule has 0 spiro atoms. The first kappa shape index (κ1) is 18.8. The summed E-state index contributed by atoms with van der Waals surface area (Å²) in [4.78, 5) is 12.3. The topological polar surface area (TPSA) is 53.3 Å². The van der Waals surface area contributed by atoms with Crippen molar-refractivity contribution in [3.05, 3.63) is 47.8 Å². The average Bonchev–Trinajstić information content (AvgIpc) is 3.11. The van der Waals surface area contributed by atoms with Gasteiger partial charge in [0.1, 0.15) is 0 Å². The van der Waals surface area contributed by atoms with Crippen molar-refractivity contribution < 1.29 is 14.3 Å².